The monoisotopic (exact) mass is 252 g/mol. The molecule has 1 fully saturated rings. The Balaban J connectivity index is 1.72. The molecule has 1 unspecified atom stereocenters. The zero-order valence-electron chi connectivity index (χ0n) is 10.9. The molecule has 1 N–H and O–H groups in total. The van der Waals surface area contributed by atoms with Gasteiger partial charge in [-0.1, -0.05) is 13.0 Å². The molecule has 0 bridgehead atoms. The summed E-state index contributed by atoms with van der Waals surface area (Å²) in [5.74, 6) is -0.197. The second-order valence-electron chi connectivity index (χ2n) is 4.64. The van der Waals surface area contributed by atoms with Gasteiger partial charge in [0.05, 0.1) is 12.7 Å². The van der Waals surface area contributed by atoms with E-state index in [1.165, 1.54) is 12.1 Å². The Hall–Kier alpha value is -1.13. The normalized spacial score (nSPS) is 20.9. The van der Waals surface area contributed by atoms with Gasteiger partial charge in [-0.25, -0.2) is 4.39 Å². The summed E-state index contributed by atoms with van der Waals surface area (Å²) in [6.45, 7) is 6.76. The van der Waals surface area contributed by atoms with Crippen molar-refractivity contribution in [1.82, 2.24) is 4.90 Å². The molecular weight excluding hydrogens is 231 g/mol. The van der Waals surface area contributed by atoms with E-state index in [0.717, 1.165) is 44.9 Å². The molecule has 0 saturated carbocycles. The lowest BCUT2D eigenvalue weighted by Crippen LogP contribution is -2.43. The highest BCUT2D eigenvalue weighted by atomic mass is 19.1. The van der Waals surface area contributed by atoms with Gasteiger partial charge in [0.1, 0.15) is 5.82 Å². The zero-order chi connectivity index (χ0) is 12.8. The van der Waals surface area contributed by atoms with Crippen LogP contribution in [-0.2, 0) is 4.74 Å². The standard InChI is InChI=1S/C14H21FN2O/c1-2-14-11-17(8-9-18-14)7-6-16-13-5-3-4-12(15)10-13/h3-5,10,14,16H,2,6-9,11H2,1H3. The summed E-state index contributed by atoms with van der Waals surface area (Å²) in [4.78, 5) is 2.39. The van der Waals surface area contributed by atoms with Gasteiger partial charge in [-0.05, 0) is 24.6 Å². The van der Waals surface area contributed by atoms with Crippen LogP contribution < -0.4 is 5.32 Å². The fourth-order valence-electron chi connectivity index (χ4n) is 2.19. The smallest absolute Gasteiger partial charge is 0.125 e. The summed E-state index contributed by atoms with van der Waals surface area (Å²) in [7, 11) is 0. The first-order valence-corrected chi connectivity index (χ1v) is 6.61. The summed E-state index contributed by atoms with van der Waals surface area (Å²) in [5.41, 5.74) is 0.843. The molecule has 0 spiro atoms. The highest BCUT2D eigenvalue weighted by Gasteiger charge is 2.17. The number of benzene rings is 1. The van der Waals surface area contributed by atoms with Crippen molar-refractivity contribution in [3.63, 3.8) is 0 Å². The number of ether oxygens (including phenoxy) is 1. The molecule has 1 aliphatic heterocycles. The van der Waals surface area contributed by atoms with E-state index in [4.69, 9.17) is 4.74 Å². The molecule has 1 aliphatic rings. The number of rotatable bonds is 5. The molecule has 1 saturated heterocycles. The number of hydrogen-bond acceptors (Lipinski definition) is 3. The molecular formula is C14H21FN2O. The van der Waals surface area contributed by atoms with E-state index in [9.17, 15) is 4.39 Å². The van der Waals surface area contributed by atoms with E-state index >= 15 is 0 Å². The van der Waals surface area contributed by atoms with Crippen molar-refractivity contribution in [2.24, 2.45) is 0 Å². The van der Waals surface area contributed by atoms with Crippen LogP contribution in [0.1, 0.15) is 13.3 Å². The van der Waals surface area contributed by atoms with E-state index in [2.05, 4.69) is 17.1 Å². The largest absolute Gasteiger partial charge is 0.384 e. The minimum Gasteiger partial charge on any atom is -0.384 e. The van der Waals surface area contributed by atoms with Gasteiger partial charge in [-0.15, -0.1) is 0 Å². The SMILES string of the molecule is CCC1CN(CCNc2cccc(F)c2)CCO1. The molecule has 1 heterocycles. The van der Waals surface area contributed by atoms with Crippen LogP contribution >= 0.6 is 0 Å². The fourth-order valence-corrected chi connectivity index (χ4v) is 2.19. The topological polar surface area (TPSA) is 24.5 Å². The van der Waals surface area contributed by atoms with Gasteiger partial charge in [0.25, 0.3) is 0 Å². The van der Waals surface area contributed by atoms with Gasteiger partial charge in [0.15, 0.2) is 0 Å². The molecule has 100 valence electrons. The lowest BCUT2D eigenvalue weighted by atomic mass is 10.2. The molecule has 4 heteroatoms. The van der Waals surface area contributed by atoms with Crippen molar-refractivity contribution < 1.29 is 9.13 Å². The predicted molar refractivity (Wildman–Crippen MR) is 71.4 cm³/mol. The van der Waals surface area contributed by atoms with Crippen LogP contribution in [0.25, 0.3) is 0 Å². The Morgan fingerprint density at radius 2 is 2.39 bits per heavy atom. The Labute approximate surface area is 108 Å². The number of morpholine rings is 1. The van der Waals surface area contributed by atoms with Gasteiger partial charge >= 0.3 is 0 Å². The second-order valence-corrected chi connectivity index (χ2v) is 4.64. The van der Waals surface area contributed by atoms with E-state index in [1.54, 1.807) is 6.07 Å². The molecule has 0 aliphatic carbocycles. The van der Waals surface area contributed by atoms with Crippen molar-refractivity contribution in [1.29, 1.82) is 0 Å². The van der Waals surface area contributed by atoms with E-state index in [0.29, 0.717) is 6.10 Å². The minimum atomic E-state index is -0.197. The first-order chi connectivity index (χ1) is 8.78. The van der Waals surface area contributed by atoms with Crippen molar-refractivity contribution >= 4 is 5.69 Å². The summed E-state index contributed by atoms with van der Waals surface area (Å²) in [5, 5.41) is 3.24. The lowest BCUT2D eigenvalue weighted by Gasteiger charge is -2.32. The van der Waals surface area contributed by atoms with Crippen LogP contribution in [-0.4, -0.2) is 43.8 Å². The van der Waals surface area contributed by atoms with Crippen LogP contribution in [0.5, 0.6) is 0 Å². The van der Waals surface area contributed by atoms with E-state index in [-0.39, 0.29) is 5.82 Å². The maximum Gasteiger partial charge on any atom is 0.125 e. The number of nitrogens with zero attached hydrogens (tertiary/aromatic N) is 1. The lowest BCUT2D eigenvalue weighted by molar-refractivity contribution is -0.0282. The van der Waals surface area contributed by atoms with E-state index in [1.807, 2.05) is 6.07 Å². The van der Waals surface area contributed by atoms with E-state index < -0.39 is 0 Å². The van der Waals surface area contributed by atoms with Crippen molar-refractivity contribution in [3.05, 3.63) is 30.1 Å². The number of anilines is 1. The van der Waals surface area contributed by atoms with Crippen LogP contribution in [0.3, 0.4) is 0 Å². The Kier molecular flexibility index (Phi) is 4.96. The van der Waals surface area contributed by atoms with Crippen molar-refractivity contribution in [2.75, 3.05) is 38.1 Å². The van der Waals surface area contributed by atoms with Gasteiger partial charge in [0.2, 0.25) is 0 Å². The quantitative estimate of drug-likeness (QED) is 0.870. The Morgan fingerprint density at radius 3 is 3.17 bits per heavy atom. The third-order valence-corrected chi connectivity index (χ3v) is 3.26. The van der Waals surface area contributed by atoms with Crippen LogP contribution in [0.15, 0.2) is 24.3 Å². The van der Waals surface area contributed by atoms with Gasteiger partial charge < -0.3 is 10.1 Å². The second kappa shape index (κ2) is 6.71. The molecule has 2 rings (SSSR count). The predicted octanol–water partition coefficient (Wildman–Crippen LogP) is 2.35. The average Bonchev–Trinajstić information content (AvgIpc) is 2.39. The summed E-state index contributed by atoms with van der Waals surface area (Å²) >= 11 is 0. The van der Waals surface area contributed by atoms with Crippen LogP contribution in [0.2, 0.25) is 0 Å². The summed E-state index contributed by atoms with van der Waals surface area (Å²) in [6.07, 6.45) is 1.43. The fraction of sp³-hybridized carbons (Fsp3) is 0.571. The first kappa shape index (κ1) is 13.3. The van der Waals surface area contributed by atoms with Gasteiger partial charge in [-0.2, -0.15) is 0 Å². The molecule has 0 aromatic heterocycles. The number of halogens is 1. The molecule has 18 heavy (non-hydrogen) atoms. The molecule has 3 nitrogen and oxygen atoms in total. The third-order valence-electron chi connectivity index (χ3n) is 3.26. The maximum atomic E-state index is 13.0. The van der Waals surface area contributed by atoms with Crippen LogP contribution in [0.4, 0.5) is 10.1 Å². The first-order valence-electron chi connectivity index (χ1n) is 6.61. The molecule has 0 amide bonds. The Bertz CT molecular complexity index is 373. The maximum absolute atomic E-state index is 13.0. The molecule has 1 aromatic carbocycles. The van der Waals surface area contributed by atoms with Crippen molar-refractivity contribution in [3.8, 4) is 0 Å². The van der Waals surface area contributed by atoms with Gasteiger partial charge in [0, 0.05) is 31.9 Å². The van der Waals surface area contributed by atoms with Crippen LogP contribution in [0, 0.1) is 5.82 Å². The zero-order valence-corrected chi connectivity index (χ0v) is 10.9. The average molecular weight is 252 g/mol. The molecule has 0 radical (unpaired) electrons. The molecule has 1 aromatic rings. The van der Waals surface area contributed by atoms with Crippen molar-refractivity contribution in [2.45, 2.75) is 19.4 Å². The summed E-state index contributed by atoms with van der Waals surface area (Å²) in [6, 6.07) is 6.59. The highest BCUT2D eigenvalue weighted by Crippen LogP contribution is 2.10. The van der Waals surface area contributed by atoms with Gasteiger partial charge in [-0.3, -0.25) is 4.90 Å². The number of nitrogens with one attached hydrogen (secondary N) is 1. The third kappa shape index (κ3) is 3.96. The number of hydrogen-bond donors (Lipinski definition) is 1. The minimum absolute atomic E-state index is 0.197. The Morgan fingerprint density at radius 1 is 1.50 bits per heavy atom. The molecule has 1 atom stereocenters. The summed E-state index contributed by atoms with van der Waals surface area (Å²) < 4.78 is 18.6. The highest BCUT2D eigenvalue weighted by molar-refractivity contribution is 5.42.